The van der Waals surface area contributed by atoms with Crippen molar-refractivity contribution >= 4 is 46.9 Å². The number of hydrogen-bond donors (Lipinski definition) is 2. The molecule has 3 aromatic carbocycles. The van der Waals surface area contributed by atoms with Crippen molar-refractivity contribution < 1.29 is 28.2 Å². The minimum Gasteiger partial charge on any atom is -0.493 e. The van der Waals surface area contributed by atoms with E-state index in [1.807, 2.05) is 0 Å². The third-order valence-electron chi connectivity index (χ3n) is 4.97. The van der Waals surface area contributed by atoms with E-state index in [4.69, 9.17) is 21.1 Å². The second kappa shape index (κ2) is 10.3. The number of hydrogen-bond acceptors (Lipinski definition) is 5. The number of ether oxygens (including phenoxy) is 2. The van der Waals surface area contributed by atoms with Gasteiger partial charge in [-0.15, -0.1) is 0 Å². The molecule has 0 radical (unpaired) electrons. The third kappa shape index (κ3) is 5.42. The first-order valence-electron chi connectivity index (χ1n) is 10.3. The molecule has 35 heavy (non-hydrogen) atoms. The van der Waals surface area contributed by atoms with E-state index in [0.29, 0.717) is 27.7 Å². The maximum absolute atomic E-state index is 13.1. The van der Waals surface area contributed by atoms with Crippen LogP contribution in [0.1, 0.15) is 5.56 Å². The molecular formula is C25H19ClFN3O5. The molecule has 0 atom stereocenters. The van der Waals surface area contributed by atoms with Crippen LogP contribution in [0.4, 0.5) is 20.6 Å². The van der Waals surface area contributed by atoms with Gasteiger partial charge in [-0.25, -0.2) is 14.1 Å². The van der Waals surface area contributed by atoms with Crippen molar-refractivity contribution in [2.24, 2.45) is 0 Å². The van der Waals surface area contributed by atoms with E-state index < -0.39 is 23.7 Å². The van der Waals surface area contributed by atoms with Crippen molar-refractivity contribution in [2.75, 3.05) is 23.9 Å². The van der Waals surface area contributed by atoms with Crippen molar-refractivity contribution in [1.29, 1.82) is 0 Å². The van der Waals surface area contributed by atoms with Crippen molar-refractivity contribution in [2.45, 2.75) is 0 Å². The van der Waals surface area contributed by atoms with Gasteiger partial charge in [0.15, 0.2) is 18.1 Å². The lowest BCUT2D eigenvalue weighted by Crippen LogP contribution is -2.30. The molecule has 1 fully saturated rings. The van der Waals surface area contributed by atoms with Crippen LogP contribution < -0.4 is 25.0 Å². The Morgan fingerprint density at radius 1 is 1.09 bits per heavy atom. The number of carbonyl (C=O) groups excluding carboxylic acids is 3. The largest absolute Gasteiger partial charge is 0.493 e. The zero-order valence-electron chi connectivity index (χ0n) is 18.4. The minimum atomic E-state index is -0.618. The summed E-state index contributed by atoms with van der Waals surface area (Å²) in [6, 6.07) is 15.9. The number of para-hydroxylation sites is 1. The van der Waals surface area contributed by atoms with Crippen LogP contribution >= 0.6 is 11.6 Å². The van der Waals surface area contributed by atoms with Crippen molar-refractivity contribution in [3.05, 3.63) is 88.8 Å². The van der Waals surface area contributed by atoms with Crippen LogP contribution in [-0.2, 0) is 9.59 Å². The first-order chi connectivity index (χ1) is 16.9. The fourth-order valence-electron chi connectivity index (χ4n) is 3.34. The molecule has 0 saturated carbocycles. The molecule has 0 aliphatic carbocycles. The highest BCUT2D eigenvalue weighted by atomic mass is 35.5. The van der Waals surface area contributed by atoms with E-state index in [1.54, 1.807) is 42.5 Å². The number of nitrogens with zero attached hydrogens (tertiary/aromatic N) is 1. The second-order valence-corrected chi connectivity index (χ2v) is 7.76. The van der Waals surface area contributed by atoms with E-state index in [9.17, 15) is 18.8 Å². The topological polar surface area (TPSA) is 97.0 Å². The molecule has 10 heteroatoms. The first kappa shape index (κ1) is 23.8. The molecule has 4 rings (SSSR count). The number of amides is 4. The fourth-order valence-corrected chi connectivity index (χ4v) is 3.47. The lowest BCUT2D eigenvalue weighted by molar-refractivity contribution is -0.118. The SMILES string of the molecule is COc1cccc(/C=C2/NC(=O)N(c3ccc(Cl)cc3)C2=O)c1OCC(=O)Nc1ccc(F)cc1. The van der Waals surface area contributed by atoms with Gasteiger partial charge in [0.2, 0.25) is 0 Å². The third-order valence-corrected chi connectivity index (χ3v) is 5.22. The lowest BCUT2D eigenvalue weighted by Gasteiger charge is -2.14. The van der Waals surface area contributed by atoms with Crippen LogP contribution in [0.2, 0.25) is 5.02 Å². The van der Waals surface area contributed by atoms with E-state index in [2.05, 4.69) is 10.6 Å². The van der Waals surface area contributed by atoms with Crippen LogP contribution in [0.3, 0.4) is 0 Å². The molecule has 1 heterocycles. The Balaban J connectivity index is 1.54. The number of anilines is 2. The molecule has 1 saturated heterocycles. The van der Waals surface area contributed by atoms with Gasteiger partial charge < -0.3 is 20.1 Å². The zero-order chi connectivity index (χ0) is 24.9. The van der Waals surface area contributed by atoms with Gasteiger partial charge >= 0.3 is 6.03 Å². The molecule has 0 spiro atoms. The molecule has 0 unspecified atom stereocenters. The molecule has 1 aliphatic rings. The Labute approximate surface area is 204 Å². The normalized spacial score (nSPS) is 14.1. The van der Waals surface area contributed by atoms with Gasteiger partial charge in [0.25, 0.3) is 11.8 Å². The summed E-state index contributed by atoms with van der Waals surface area (Å²) in [4.78, 5) is 38.7. The summed E-state index contributed by atoms with van der Waals surface area (Å²) in [5.74, 6) is -0.960. The maximum Gasteiger partial charge on any atom is 0.333 e. The molecule has 3 aromatic rings. The number of benzene rings is 3. The van der Waals surface area contributed by atoms with Gasteiger partial charge in [-0.3, -0.25) is 9.59 Å². The maximum atomic E-state index is 13.1. The van der Waals surface area contributed by atoms with Gasteiger partial charge in [-0.2, -0.15) is 0 Å². The van der Waals surface area contributed by atoms with Gasteiger partial charge in [0.1, 0.15) is 11.5 Å². The summed E-state index contributed by atoms with van der Waals surface area (Å²) >= 11 is 5.89. The predicted molar refractivity (Wildman–Crippen MR) is 129 cm³/mol. The van der Waals surface area contributed by atoms with Crippen molar-refractivity contribution in [1.82, 2.24) is 5.32 Å². The Bertz CT molecular complexity index is 1310. The quantitative estimate of drug-likeness (QED) is 0.369. The first-order valence-corrected chi connectivity index (χ1v) is 10.7. The molecule has 8 nitrogen and oxygen atoms in total. The molecule has 0 aromatic heterocycles. The van der Waals surface area contributed by atoms with Gasteiger partial charge in [-0.1, -0.05) is 23.7 Å². The van der Waals surface area contributed by atoms with Crippen LogP contribution in [0.5, 0.6) is 11.5 Å². The summed E-state index contributed by atoms with van der Waals surface area (Å²) in [5.41, 5.74) is 1.18. The average molecular weight is 496 g/mol. The van der Waals surface area contributed by atoms with Crippen molar-refractivity contribution in [3.63, 3.8) is 0 Å². The number of halogens is 2. The number of nitrogens with one attached hydrogen (secondary N) is 2. The number of imide groups is 1. The fraction of sp³-hybridized carbons (Fsp3) is 0.0800. The minimum absolute atomic E-state index is 0.0128. The van der Waals surface area contributed by atoms with Crippen molar-refractivity contribution in [3.8, 4) is 11.5 Å². The summed E-state index contributed by atoms with van der Waals surface area (Å²) < 4.78 is 24.1. The standard InChI is InChI=1S/C25H19ClFN3O5/c1-34-21-4-2-3-15(23(21)35-14-22(31)28-18-9-7-17(27)8-10-18)13-20-24(32)30(25(33)29-20)19-11-5-16(26)6-12-19/h2-13H,14H2,1H3,(H,28,31)(H,29,33)/b20-13+. The molecule has 0 bridgehead atoms. The zero-order valence-corrected chi connectivity index (χ0v) is 19.1. The average Bonchev–Trinajstić information content (AvgIpc) is 3.12. The molecule has 178 valence electrons. The second-order valence-electron chi connectivity index (χ2n) is 7.33. The smallest absolute Gasteiger partial charge is 0.333 e. The van der Waals surface area contributed by atoms with E-state index >= 15 is 0 Å². The van der Waals surface area contributed by atoms with E-state index in [1.165, 1.54) is 37.5 Å². The van der Waals surface area contributed by atoms with Crippen LogP contribution in [0, 0.1) is 5.82 Å². The number of methoxy groups -OCH3 is 1. The Morgan fingerprint density at radius 2 is 1.80 bits per heavy atom. The predicted octanol–water partition coefficient (Wildman–Crippen LogP) is 4.60. The Hall–Kier alpha value is -4.37. The van der Waals surface area contributed by atoms with E-state index in [-0.39, 0.29) is 18.1 Å². The molecular weight excluding hydrogens is 477 g/mol. The molecule has 1 aliphatic heterocycles. The highest BCUT2D eigenvalue weighted by Gasteiger charge is 2.35. The summed E-state index contributed by atoms with van der Waals surface area (Å²) in [6.07, 6.45) is 1.44. The van der Waals surface area contributed by atoms with E-state index in [0.717, 1.165) is 4.90 Å². The summed E-state index contributed by atoms with van der Waals surface area (Å²) in [7, 11) is 1.43. The van der Waals surface area contributed by atoms with Crippen LogP contribution in [-0.4, -0.2) is 31.6 Å². The van der Waals surface area contributed by atoms with Gasteiger partial charge in [-0.05, 0) is 60.7 Å². The lowest BCUT2D eigenvalue weighted by atomic mass is 10.1. The summed E-state index contributed by atoms with van der Waals surface area (Å²) in [6.45, 7) is -0.384. The Morgan fingerprint density at radius 3 is 2.49 bits per heavy atom. The van der Waals surface area contributed by atoms with Gasteiger partial charge in [0, 0.05) is 16.3 Å². The number of rotatable bonds is 7. The summed E-state index contributed by atoms with van der Waals surface area (Å²) in [5, 5.41) is 5.61. The Kier molecular flexibility index (Phi) is 6.98. The molecule has 4 amide bonds. The number of urea groups is 1. The monoisotopic (exact) mass is 495 g/mol. The van der Waals surface area contributed by atoms with Crippen LogP contribution in [0.15, 0.2) is 72.4 Å². The number of carbonyl (C=O) groups is 3. The van der Waals surface area contributed by atoms with Crippen LogP contribution in [0.25, 0.3) is 6.08 Å². The highest BCUT2D eigenvalue weighted by molar-refractivity contribution is 6.31. The highest BCUT2D eigenvalue weighted by Crippen LogP contribution is 2.33. The molecule has 2 N–H and O–H groups in total. The van der Waals surface area contributed by atoms with Gasteiger partial charge in [0.05, 0.1) is 12.8 Å².